The van der Waals surface area contributed by atoms with Crippen LogP contribution in [-0.2, 0) is 0 Å². The van der Waals surface area contributed by atoms with Crippen LogP contribution in [0, 0.1) is 5.92 Å². The molecule has 0 radical (unpaired) electrons. The average Bonchev–Trinajstić information content (AvgIpc) is 2.19. The Labute approximate surface area is 91.6 Å². The number of nitrogens with zero attached hydrogens (tertiary/aromatic N) is 1. The minimum absolute atomic E-state index is 0.493. The van der Waals surface area contributed by atoms with Gasteiger partial charge in [0.1, 0.15) is 0 Å². The third-order valence-corrected chi connectivity index (χ3v) is 4.39. The molecule has 2 unspecified atom stereocenters. The number of hydrogen-bond acceptors (Lipinski definition) is 3. The van der Waals surface area contributed by atoms with Crippen LogP contribution in [0.1, 0.15) is 25.7 Å². The third kappa shape index (κ3) is 3.14. The molecule has 2 N–H and O–H groups in total. The molecule has 3 heteroatoms. The normalized spacial score (nSPS) is 35.8. The molecule has 2 nitrogen and oxygen atoms in total. The maximum absolute atomic E-state index is 6.01. The van der Waals surface area contributed by atoms with Crippen molar-refractivity contribution in [1.29, 1.82) is 0 Å². The van der Waals surface area contributed by atoms with Gasteiger partial charge in [-0.15, -0.1) is 0 Å². The van der Waals surface area contributed by atoms with Gasteiger partial charge in [-0.2, -0.15) is 11.8 Å². The number of thioether (sulfide) groups is 1. The first-order chi connectivity index (χ1) is 6.84. The number of rotatable bonds is 2. The standard InChI is InChI=1S/C11H22N2S/c12-11-3-1-2-10(8-11)9-13-4-6-14-7-5-13/h10-11H,1-9,12H2. The van der Waals surface area contributed by atoms with Crippen LogP contribution < -0.4 is 5.73 Å². The molecule has 0 aromatic heterocycles. The largest absolute Gasteiger partial charge is 0.328 e. The van der Waals surface area contributed by atoms with Crippen molar-refractivity contribution in [2.75, 3.05) is 31.1 Å². The highest BCUT2D eigenvalue weighted by Crippen LogP contribution is 2.24. The van der Waals surface area contributed by atoms with E-state index in [2.05, 4.69) is 16.7 Å². The van der Waals surface area contributed by atoms with Gasteiger partial charge in [0.05, 0.1) is 0 Å². The monoisotopic (exact) mass is 214 g/mol. The summed E-state index contributed by atoms with van der Waals surface area (Å²) in [7, 11) is 0. The van der Waals surface area contributed by atoms with Crippen LogP contribution in [0.15, 0.2) is 0 Å². The van der Waals surface area contributed by atoms with Gasteiger partial charge in [0.15, 0.2) is 0 Å². The summed E-state index contributed by atoms with van der Waals surface area (Å²) in [6, 6.07) is 0.493. The lowest BCUT2D eigenvalue weighted by atomic mass is 9.86. The van der Waals surface area contributed by atoms with Crippen molar-refractivity contribution in [1.82, 2.24) is 4.90 Å². The first-order valence-corrected chi connectivity index (χ1v) is 7.06. The van der Waals surface area contributed by atoms with E-state index in [9.17, 15) is 0 Å². The lowest BCUT2D eigenvalue weighted by molar-refractivity contribution is 0.206. The zero-order valence-corrected chi connectivity index (χ0v) is 9.77. The van der Waals surface area contributed by atoms with E-state index in [1.54, 1.807) is 0 Å². The van der Waals surface area contributed by atoms with E-state index >= 15 is 0 Å². The number of nitrogens with two attached hydrogens (primary N) is 1. The molecular formula is C11H22N2S. The van der Waals surface area contributed by atoms with Gasteiger partial charge in [-0.1, -0.05) is 6.42 Å². The van der Waals surface area contributed by atoms with Gasteiger partial charge in [0.25, 0.3) is 0 Å². The second kappa shape index (κ2) is 5.38. The Morgan fingerprint density at radius 2 is 2.00 bits per heavy atom. The summed E-state index contributed by atoms with van der Waals surface area (Å²) in [6.45, 7) is 3.92. The Kier molecular flexibility index (Phi) is 4.14. The predicted octanol–water partition coefficient (Wildman–Crippen LogP) is 1.55. The van der Waals surface area contributed by atoms with Crippen LogP contribution >= 0.6 is 11.8 Å². The van der Waals surface area contributed by atoms with Gasteiger partial charge in [-0.25, -0.2) is 0 Å². The molecule has 1 aliphatic heterocycles. The second-order valence-corrected chi connectivity index (χ2v) is 5.93. The molecule has 0 amide bonds. The Morgan fingerprint density at radius 3 is 2.71 bits per heavy atom. The Hall–Kier alpha value is 0.270. The summed E-state index contributed by atoms with van der Waals surface area (Å²) in [5.41, 5.74) is 6.01. The molecule has 1 saturated heterocycles. The first kappa shape index (κ1) is 10.8. The predicted molar refractivity (Wildman–Crippen MR) is 63.7 cm³/mol. The smallest absolute Gasteiger partial charge is 0.00728 e. The summed E-state index contributed by atoms with van der Waals surface area (Å²) in [5, 5.41) is 0. The van der Waals surface area contributed by atoms with E-state index < -0.39 is 0 Å². The molecule has 2 aliphatic rings. The van der Waals surface area contributed by atoms with Crippen molar-refractivity contribution in [2.24, 2.45) is 11.7 Å². The van der Waals surface area contributed by atoms with Crippen LogP contribution in [0.3, 0.4) is 0 Å². The quantitative estimate of drug-likeness (QED) is 0.756. The van der Waals surface area contributed by atoms with E-state index in [0.717, 1.165) is 5.92 Å². The van der Waals surface area contributed by atoms with Gasteiger partial charge < -0.3 is 10.6 Å². The number of hydrogen-bond donors (Lipinski definition) is 1. The molecule has 1 aliphatic carbocycles. The van der Waals surface area contributed by atoms with E-state index in [1.807, 2.05) is 0 Å². The second-order valence-electron chi connectivity index (χ2n) is 4.71. The molecule has 1 heterocycles. The van der Waals surface area contributed by atoms with Crippen molar-refractivity contribution < 1.29 is 0 Å². The minimum Gasteiger partial charge on any atom is -0.328 e. The molecule has 0 aromatic rings. The molecule has 0 aromatic carbocycles. The van der Waals surface area contributed by atoms with Crippen LogP contribution in [0.5, 0.6) is 0 Å². The van der Waals surface area contributed by atoms with Crippen molar-refractivity contribution >= 4 is 11.8 Å². The third-order valence-electron chi connectivity index (χ3n) is 3.44. The minimum atomic E-state index is 0.493. The van der Waals surface area contributed by atoms with Crippen LogP contribution in [-0.4, -0.2) is 42.1 Å². The molecule has 0 spiro atoms. The zero-order valence-electron chi connectivity index (χ0n) is 8.95. The molecule has 2 atom stereocenters. The first-order valence-electron chi connectivity index (χ1n) is 5.90. The fourth-order valence-electron chi connectivity index (χ4n) is 2.65. The van der Waals surface area contributed by atoms with E-state index in [-0.39, 0.29) is 0 Å². The van der Waals surface area contributed by atoms with Crippen molar-refractivity contribution in [3.8, 4) is 0 Å². The maximum Gasteiger partial charge on any atom is 0.00728 e. The maximum atomic E-state index is 6.01. The summed E-state index contributed by atoms with van der Waals surface area (Å²) >= 11 is 2.09. The Morgan fingerprint density at radius 1 is 1.21 bits per heavy atom. The summed E-state index contributed by atoms with van der Waals surface area (Å²) in [4.78, 5) is 2.64. The highest BCUT2D eigenvalue weighted by Gasteiger charge is 2.22. The van der Waals surface area contributed by atoms with Crippen LogP contribution in [0.2, 0.25) is 0 Å². The van der Waals surface area contributed by atoms with Gasteiger partial charge in [0.2, 0.25) is 0 Å². The Balaban J connectivity index is 1.72. The zero-order chi connectivity index (χ0) is 9.80. The summed E-state index contributed by atoms with van der Waals surface area (Å²) < 4.78 is 0. The SMILES string of the molecule is NC1CCCC(CN2CCSCC2)C1. The van der Waals surface area contributed by atoms with E-state index in [1.165, 1.54) is 56.8 Å². The van der Waals surface area contributed by atoms with Crippen molar-refractivity contribution in [3.05, 3.63) is 0 Å². The molecule has 82 valence electrons. The van der Waals surface area contributed by atoms with Crippen molar-refractivity contribution in [3.63, 3.8) is 0 Å². The molecule has 14 heavy (non-hydrogen) atoms. The molecule has 1 saturated carbocycles. The molecule has 2 fully saturated rings. The van der Waals surface area contributed by atoms with Gasteiger partial charge in [-0.05, 0) is 25.2 Å². The Bertz CT molecular complexity index is 169. The lowest BCUT2D eigenvalue weighted by Crippen LogP contribution is -2.39. The average molecular weight is 214 g/mol. The van der Waals surface area contributed by atoms with E-state index in [4.69, 9.17) is 5.73 Å². The highest BCUT2D eigenvalue weighted by molar-refractivity contribution is 7.99. The lowest BCUT2D eigenvalue weighted by Gasteiger charge is -2.33. The van der Waals surface area contributed by atoms with Crippen LogP contribution in [0.25, 0.3) is 0 Å². The van der Waals surface area contributed by atoms with Gasteiger partial charge in [0, 0.05) is 37.2 Å². The molecular weight excluding hydrogens is 192 g/mol. The summed E-state index contributed by atoms with van der Waals surface area (Å²) in [5.74, 6) is 3.55. The molecule has 0 bridgehead atoms. The van der Waals surface area contributed by atoms with Crippen LogP contribution in [0.4, 0.5) is 0 Å². The molecule has 2 rings (SSSR count). The van der Waals surface area contributed by atoms with E-state index in [0.29, 0.717) is 6.04 Å². The van der Waals surface area contributed by atoms with Gasteiger partial charge in [-0.3, -0.25) is 0 Å². The highest BCUT2D eigenvalue weighted by atomic mass is 32.2. The van der Waals surface area contributed by atoms with Crippen molar-refractivity contribution in [2.45, 2.75) is 31.7 Å². The van der Waals surface area contributed by atoms with Gasteiger partial charge >= 0.3 is 0 Å². The fraction of sp³-hybridized carbons (Fsp3) is 1.00. The fourth-order valence-corrected chi connectivity index (χ4v) is 3.63. The summed E-state index contributed by atoms with van der Waals surface area (Å²) in [6.07, 6.45) is 5.29. The topological polar surface area (TPSA) is 29.3 Å².